The van der Waals surface area contributed by atoms with Gasteiger partial charge in [0.05, 0.1) is 17.7 Å². The predicted molar refractivity (Wildman–Crippen MR) is 101 cm³/mol. The lowest BCUT2D eigenvalue weighted by atomic mass is 9.85. The summed E-state index contributed by atoms with van der Waals surface area (Å²) < 4.78 is 11.3. The first-order valence-electron chi connectivity index (χ1n) is 8.88. The van der Waals surface area contributed by atoms with Crippen LogP contribution in [0.15, 0.2) is 48.8 Å². The Bertz CT molecular complexity index is 887. The molecule has 6 heteroatoms. The molecular formula is C20H22N4O2. The summed E-state index contributed by atoms with van der Waals surface area (Å²) in [6.45, 7) is 2.70. The zero-order chi connectivity index (χ0) is 17.9. The summed E-state index contributed by atoms with van der Waals surface area (Å²) in [6.07, 6.45) is 4.56. The standard InChI is InChI=1S/C20H22N4O2/c1-3-26-17-12-16(18(17)25-2)23-20-14-6-4-5-7-15(14)22-19(24-20)13-8-10-21-11-9-13/h4-11,16-18H,3,12H2,1-2H3,(H,22,23,24)/t16-,17-,18-/m1/s1. The van der Waals surface area contributed by atoms with Gasteiger partial charge in [0.15, 0.2) is 5.82 Å². The van der Waals surface area contributed by atoms with Crippen molar-refractivity contribution in [2.24, 2.45) is 0 Å². The number of fused-ring (bicyclic) bond motifs is 1. The molecule has 0 aliphatic heterocycles. The molecule has 0 bridgehead atoms. The molecule has 3 atom stereocenters. The molecule has 1 N–H and O–H groups in total. The molecule has 1 saturated carbocycles. The number of hydrogen-bond donors (Lipinski definition) is 1. The van der Waals surface area contributed by atoms with Crippen molar-refractivity contribution in [1.29, 1.82) is 0 Å². The maximum Gasteiger partial charge on any atom is 0.162 e. The fraction of sp³-hybridized carbons (Fsp3) is 0.350. The fourth-order valence-electron chi connectivity index (χ4n) is 3.41. The van der Waals surface area contributed by atoms with E-state index < -0.39 is 0 Å². The van der Waals surface area contributed by atoms with Gasteiger partial charge in [-0.3, -0.25) is 4.98 Å². The van der Waals surface area contributed by atoms with Gasteiger partial charge in [-0.1, -0.05) is 12.1 Å². The van der Waals surface area contributed by atoms with Crippen molar-refractivity contribution in [2.75, 3.05) is 19.0 Å². The van der Waals surface area contributed by atoms with E-state index in [2.05, 4.69) is 10.3 Å². The zero-order valence-electron chi connectivity index (χ0n) is 14.9. The lowest BCUT2D eigenvalue weighted by Crippen LogP contribution is -2.57. The van der Waals surface area contributed by atoms with Gasteiger partial charge >= 0.3 is 0 Å². The Morgan fingerprint density at radius 1 is 1.12 bits per heavy atom. The highest BCUT2D eigenvalue weighted by Crippen LogP contribution is 2.32. The smallest absolute Gasteiger partial charge is 0.162 e. The molecule has 1 aliphatic rings. The van der Waals surface area contributed by atoms with Gasteiger partial charge in [0, 0.05) is 37.1 Å². The van der Waals surface area contributed by atoms with E-state index >= 15 is 0 Å². The van der Waals surface area contributed by atoms with Gasteiger partial charge in [-0.25, -0.2) is 9.97 Å². The lowest BCUT2D eigenvalue weighted by Gasteiger charge is -2.43. The van der Waals surface area contributed by atoms with Crippen molar-refractivity contribution in [3.63, 3.8) is 0 Å². The second kappa shape index (κ2) is 7.35. The topological polar surface area (TPSA) is 69.2 Å². The van der Waals surface area contributed by atoms with Crippen molar-refractivity contribution in [3.05, 3.63) is 48.8 Å². The number of anilines is 1. The minimum Gasteiger partial charge on any atom is -0.377 e. The summed E-state index contributed by atoms with van der Waals surface area (Å²) in [7, 11) is 1.73. The second-order valence-corrected chi connectivity index (χ2v) is 6.33. The van der Waals surface area contributed by atoms with E-state index in [0.717, 1.165) is 28.7 Å². The highest BCUT2D eigenvalue weighted by Gasteiger charge is 2.42. The van der Waals surface area contributed by atoms with Crippen LogP contribution < -0.4 is 5.32 Å². The number of nitrogens with one attached hydrogen (secondary N) is 1. The number of benzene rings is 1. The van der Waals surface area contributed by atoms with Crippen LogP contribution in [-0.2, 0) is 9.47 Å². The van der Waals surface area contributed by atoms with Crippen LogP contribution in [-0.4, -0.2) is 46.9 Å². The van der Waals surface area contributed by atoms with E-state index in [-0.39, 0.29) is 18.2 Å². The minimum atomic E-state index is 0.0213. The van der Waals surface area contributed by atoms with Gasteiger partial charge in [-0.2, -0.15) is 0 Å². The number of rotatable bonds is 6. The Balaban J connectivity index is 1.68. The van der Waals surface area contributed by atoms with Crippen LogP contribution in [0.25, 0.3) is 22.3 Å². The maximum atomic E-state index is 5.73. The summed E-state index contributed by atoms with van der Waals surface area (Å²) >= 11 is 0. The number of nitrogens with zero attached hydrogens (tertiary/aromatic N) is 3. The predicted octanol–water partition coefficient (Wildman–Crippen LogP) is 3.30. The highest BCUT2D eigenvalue weighted by atomic mass is 16.5. The molecule has 1 fully saturated rings. The third-order valence-corrected chi connectivity index (χ3v) is 4.77. The van der Waals surface area contributed by atoms with E-state index in [9.17, 15) is 0 Å². The number of aromatic nitrogens is 3. The Morgan fingerprint density at radius 3 is 2.69 bits per heavy atom. The van der Waals surface area contributed by atoms with Crippen LogP contribution in [0.2, 0.25) is 0 Å². The molecule has 4 rings (SSSR count). The monoisotopic (exact) mass is 350 g/mol. The van der Waals surface area contributed by atoms with Gasteiger partial charge < -0.3 is 14.8 Å². The van der Waals surface area contributed by atoms with E-state index in [1.807, 2.05) is 43.3 Å². The summed E-state index contributed by atoms with van der Waals surface area (Å²) in [5, 5.41) is 4.55. The maximum absolute atomic E-state index is 5.73. The van der Waals surface area contributed by atoms with E-state index in [1.54, 1.807) is 19.5 Å². The summed E-state index contributed by atoms with van der Waals surface area (Å²) in [5.41, 5.74) is 1.85. The van der Waals surface area contributed by atoms with Crippen molar-refractivity contribution in [1.82, 2.24) is 15.0 Å². The Hall–Kier alpha value is -2.57. The molecule has 0 spiro atoms. The zero-order valence-corrected chi connectivity index (χ0v) is 14.9. The SMILES string of the molecule is CCO[C@@H]1C[C@@H](Nc2nc(-c3ccncc3)nc3ccccc23)[C@H]1OC. The molecule has 1 aromatic carbocycles. The summed E-state index contributed by atoms with van der Waals surface area (Å²) in [5.74, 6) is 1.51. The first-order chi connectivity index (χ1) is 12.8. The molecular weight excluding hydrogens is 328 g/mol. The third kappa shape index (κ3) is 3.13. The van der Waals surface area contributed by atoms with Gasteiger partial charge in [-0.15, -0.1) is 0 Å². The first kappa shape index (κ1) is 16.9. The van der Waals surface area contributed by atoms with Crippen molar-refractivity contribution < 1.29 is 9.47 Å². The Labute approximate surface area is 152 Å². The molecule has 3 aromatic rings. The van der Waals surface area contributed by atoms with E-state index in [0.29, 0.717) is 12.4 Å². The number of ether oxygens (including phenoxy) is 2. The quantitative estimate of drug-likeness (QED) is 0.736. The molecule has 6 nitrogen and oxygen atoms in total. The Kier molecular flexibility index (Phi) is 4.77. The molecule has 1 aliphatic carbocycles. The summed E-state index contributed by atoms with van der Waals surface area (Å²) in [6, 6.07) is 12.0. The van der Waals surface area contributed by atoms with Gasteiger partial charge in [0.1, 0.15) is 11.9 Å². The van der Waals surface area contributed by atoms with Crippen molar-refractivity contribution in [3.8, 4) is 11.4 Å². The molecule has 134 valence electrons. The van der Waals surface area contributed by atoms with Gasteiger partial charge in [0.25, 0.3) is 0 Å². The number of methoxy groups -OCH3 is 1. The highest BCUT2D eigenvalue weighted by molar-refractivity contribution is 5.90. The molecule has 0 saturated heterocycles. The van der Waals surface area contributed by atoms with E-state index in [1.165, 1.54) is 0 Å². The molecule has 0 radical (unpaired) electrons. The van der Waals surface area contributed by atoms with Gasteiger partial charge in [-0.05, 0) is 37.6 Å². The average Bonchev–Trinajstić information content (AvgIpc) is 2.68. The fourth-order valence-corrected chi connectivity index (χ4v) is 3.41. The minimum absolute atomic E-state index is 0.0213. The van der Waals surface area contributed by atoms with Crippen LogP contribution in [0.4, 0.5) is 5.82 Å². The summed E-state index contributed by atoms with van der Waals surface area (Å²) in [4.78, 5) is 13.6. The van der Waals surface area contributed by atoms with Crippen molar-refractivity contribution >= 4 is 16.7 Å². The van der Waals surface area contributed by atoms with Gasteiger partial charge in [0.2, 0.25) is 0 Å². The van der Waals surface area contributed by atoms with Crippen LogP contribution in [0, 0.1) is 0 Å². The normalized spacial score (nSPS) is 22.2. The molecule has 0 amide bonds. The van der Waals surface area contributed by atoms with Crippen LogP contribution in [0.3, 0.4) is 0 Å². The van der Waals surface area contributed by atoms with Crippen molar-refractivity contribution in [2.45, 2.75) is 31.6 Å². The second-order valence-electron chi connectivity index (χ2n) is 6.33. The molecule has 0 unspecified atom stereocenters. The first-order valence-corrected chi connectivity index (χ1v) is 8.88. The van der Waals surface area contributed by atoms with Crippen LogP contribution in [0.1, 0.15) is 13.3 Å². The van der Waals surface area contributed by atoms with Crippen LogP contribution >= 0.6 is 0 Å². The third-order valence-electron chi connectivity index (χ3n) is 4.77. The molecule has 26 heavy (non-hydrogen) atoms. The number of para-hydroxylation sites is 1. The van der Waals surface area contributed by atoms with Crippen LogP contribution in [0.5, 0.6) is 0 Å². The Morgan fingerprint density at radius 2 is 1.92 bits per heavy atom. The van der Waals surface area contributed by atoms with E-state index in [4.69, 9.17) is 19.4 Å². The molecule has 2 heterocycles. The average molecular weight is 350 g/mol. The number of pyridine rings is 1. The lowest BCUT2D eigenvalue weighted by molar-refractivity contribution is -0.118. The number of hydrogen-bond acceptors (Lipinski definition) is 6. The molecule has 2 aromatic heterocycles. The largest absolute Gasteiger partial charge is 0.377 e.